The van der Waals surface area contributed by atoms with Gasteiger partial charge in [0.25, 0.3) is 0 Å². The largest absolute Gasteiger partial charge is 0.229 e. The van der Waals surface area contributed by atoms with E-state index in [9.17, 15) is 16.8 Å². The molecule has 0 aromatic carbocycles. The molecule has 2 saturated heterocycles. The number of rotatable bonds is 2. The summed E-state index contributed by atoms with van der Waals surface area (Å²) in [5.74, 6) is -0.0186. The third kappa shape index (κ3) is 3.43. The monoisotopic (exact) mass is 338 g/mol. The Balaban J connectivity index is 2.04. The molecule has 0 aromatic heterocycles. The molecule has 2 heterocycles. The molecule has 0 spiro atoms. The van der Waals surface area contributed by atoms with E-state index in [1.807, 2.05) is 0 Å². The minimum Gasteiger partial charge on any atom is -0.229 e. The van der Waals surface area contributed by atoms with Gasteiger partial charge in [-0.1, -0.05) is 0 Å². The fourth-order valence-corrected chi connectivity index (χ4v) is 10.2. The van der Waals surface area contributed by atoms with Crippen molar-refractivity contribution in [2.24, 2.45) is 0 Å². The smallest absolute Gasteiger partial charge is 0.152 e. The van der Waals surface area contributed by atoms with E-state index in [1.165, 1.54) is 11.8 Å². The number of alkyl halides is 2. The summed E-state index contributed by atoms with van der Waals surface area (Å²) in [5.41, 5.74) is 0. The molecule has 0 bridgehead atoms. The van der Waals surface area contributed by atoms with Gasteiger partial charge in [-0.15, -0.1) is 35.0 Å². The molecule has 0 unspecified atom stereocenters. The third-order valence-electron chi connectivity index (χ3n) is 2.82. The second kappa shape index (κ2) is 4.74. The van der Waals surface area contributed by atoms with Gasteiger partial charge in [0.1, 0.15) is 0 Å². The average molecular weight is 339 g/mol. The number of sulfone groups is 2. The van der Waals surface area contributed by atoms with Gasteiger partial charge in [0.2, 0.25) is 0 Å². The van der Waals surface area contributed by atoms with Gasteiger partial charge in [0.05, 0.1) is 33.8 Å². The van der Waals surface area contributed by atoms with Gasteiger partial charge < -0.3 is 0 Å². The van der Waals surface area contributed by atoms with Crippen molar-refractivity contribution in [2.75, 3.05) is 23.0 Å². The highest BCUT2D eigenvalue weighted by Gasteiger charge is 2.43. The topological polar surface area (TPSA) is 68.3 Å². The summed E-state index contributed by atoms with van der Waals surface area (Å²) in [4.78, 5) is 0. The van der Waals surface area contributed by atoms with E-state index in [-0.39, 0.29) is 33.5 Å². The predicted octanol–water partition coefficient (Wildman–Crippen LogP) is 0.528. The average Bonchev–Trinajstić information content (AvgIpc) is 2.50. The van der Waals surface area contributed by atoms with Crippen molar-refractivity contribution in [2.45, 2.75) is 21.3 Å². The van der Waals surface area contributed by atoms with Crippen LogP contribution in [0.3, 0.4) is 0 Å². The van der Waals surface area contributed by atoms with Crippen LogP contribution < -0.4 is 0 Å². The number of hydrogen-bond acceptors (Lipinski definition) is 5. The maximum atomic E-state index is 11.4. The van der Waals surface area contributed by atoms with Crippen LogP contribution in [0, 0.1) is 0 Å². The van der Waals surface area contributed by atoms with Crippen molar-refractivity contribution < 1.29 is 16.8 Å². The lowest BCUT2D eigenvalue weighted by atomic mass is 10.3. The first-order valence-electron chi connectivity index (χ1n) is 5.03. The lowest BCUT2D eigenvalue weighted by Gasteiger charge is -2.18. The quantitative estimate of drug-likeness (QED) is 0.687. The molecule has 9 heteroatoms. The SMILES string of the molecule is O=S1(=O)C[C@H](S[C@@H]2CS(=O)(=O)C[C@@H]2Cl)[C@@H](Cl)C1. The Morgan fingerprint density at radius 1 is 0.765 bits per heavy atom. The maximum Gasteiger partial charge on any atom is 0.152 e. The normalized spacial score (nSPS) is 43.9. The molecule has 0 amide bonds. The Morgan fingerprint density at radius 2 is 1.12 bits per heavy atom. The molecule has 0 radical (unpaired) electrons. The summed E-state index contributed by atoms with van der Waals surface area (Å²) >= 11 is 13.2. The Bertz CT molecular complexity index is 455. The molecule has 100 valence electrons. The van der Waals surface area contributed by atoms with Crippen LogP contribution in [0.5, 0.6) is 0 Å². The summed E-state index contributed by atoms with van der Waals surface area (Å²) < 4.78 is 45.5. The first-order valence-corrected chi connectivity index (χ1v) is 10.5. The summed E-state index contributed by atoms with van der Waals surface area (Å²) in [6.07, 6.45) is 0. The molecule has 2 aliphatic rings. The minimum atomic E-state index is -3.08. The Labute approximate surface area is 115 Å². The number of thioether (sulfide) groups is 1. The van der Waals surface area contributed by atoms with Gasteiger partial charge in [-0.25, -0.2) is 16.8 Å². The van der Waals surface area contributed by atoms with Gasteiger partial charge in [-0.05, 0) is 0 Å². The van der Waals surface area contributed by atoms with E-state index in [0.29, 0.717) is 0 Å². The van der Waals surface area contributed by atoms with E-state index in [2.05, 4.69) is 0 Å². The molecule has 0 N–H and O–H groups in total. The standard InChI is InChI=1S/C8H12Cl2O4S3/c9-5-1-16(11,12)3-7(5)15-8-4-17(13,14)2-6(8)10/h5-8H,1-4H2/t5-,6-,7-,8+/m0/s1. The van der Waals surface area contributed by atoms with Gasteiger partial charge >= 0.3 is 0 Å². The fraction of sp³-hybridized carbons (Fsp3) is 1.00. The zero-order valence-electron chi connectivity index (χ0n) is 8.75. The first-order chi connectivity index (χ1) is 7.69. The minimum absolute atomic E-state index is 0.0198. The molecule has 2 rings (SSSR count). The zero-order chi connectivity index (χ0) is 12.8. The van der Waals surface area contributed by atoms with Crippen LogP contribution in [0.2, 0.25) is 0 Å². The van der Waals surface area contributed by atoms with E-state index in [0.717, 1.165) is 0 Å². The Kier molecular flexibility index (Phi) is 3.97. The van der Waals surface area contributed by atoms with Crippen LogP contribution in [0.4, 0.5) is 0 Å². The van der Waals surface area contributed by atoms with E-state index < -0.39 is 30.4 Å². The van der Waals surface area contributed by atoms with Crippen molar-refractivity contribution in [1.29, 1.82) is 0 Å². The van der Waals surface area contributed by atoms with Gasteiger partial charge in [-0.3, -0.25) is 0 Å². The summed E-state index contributed by atoms with van der Waals surface area (Å²) in [6.45, 7) is 0. The van der Waals surface area contributed by atoms with Crippen molar-refractivity contribution >= 4 is 54.6 Å². The summed E-state index contributed by atoms with van der Waals surface area (Å²) in [7, 11) is -6.16. The molecule has 0 aliphatic carbocycles. The maximum absolute atomic E-state index is 11.4. The molecule has 0 aromatic rings. The first kappa shape index (κ1) is 14.2. The highest BCUT2D eigenvalue weighted by Crippen LogP contribution is 2.37. The molecule has 2 aliphatic heterocycles. The van der Waals surface area contributed by atoms with E-state index in [1.54, 1.807) is 0 Å². The highest BCUT2D eigenvalue weighted by molar-refractivity contribution is 8.04. The van der Waals surface area contributed by atoms with Gasteiger partial charge in [0.15, 0.2) is 19.7 Å². The van der Waals surface area contributed by atoms with Gasteiger partial charge in [0, 0.05) is 10.5 Å². The highest BCUT2D eigenvalue weighted by atomic mass is 35.5. The Morgan fingerprint density at radius 3 is 1.35 bits per heavy atom. The van der Waals surface area contributed by atoms with Crippen LogP contribution >= 0.6 is 35.0 Å². The lowest BCUT2D eigenvalue weighted by Crippen LogP contribution is -2.24. The molecule has 4 nitrogen and oxygen atoms in total. The summed E-state index contributed by atoms with van der Waals surface area (Å²) in [5, 5.41) is -1.39. The Hall–Kier alpha value is 0.830. The van der Waals surface area contributed by atoms with Crippen LogP contribution in [-0.2, 0) is 19.7 Å². The molecule has 2 fully saturated rings. The number of hydrogen-bond donors (Lipinski definition) is 0. The summed E-state index contributed by atoms with van der Waals surface area (Å²) in [6, 6.07) is 0. The van der Waals surface area contributed by atoms with E-state index >= 15 is 0 Å². The van der Waals surface area contributed by atoms with Crippen molar-refractivity contribution in [3.05, 3.63) is 0 Å². The van der Waals surface area contributed by atoms with Crippen LogP contribution in [-0.4, -0.2) is 61.1 Å². The van der Waals surface area contributed by atoms with Crippen LogP contribution in [0.1, 0.15) is 0 Å². The van der Waals surface area contributed by atoms with E-state index in [4.69, 9.17) is 23.2 Å². The van der Waals surface area contributed by atoms with Crippen molar-refractivity contribution in [3.63, 3.8) is 0 Å². The van der Waals surface area contributed by atoms with Crippen molar-refractivity contribution in [3.8, 4) is 0 Å². The van der Waals surface area contributed by atoms with Gasteiger partial charge in [-0.2, -0.15) is 0 Å². The number of halogens is 2. The molecule has 0 saturated carbocycles. The second-order valence-corrected chi connectivity index (χ2v) is 11.3. The van der Waals surface area contributed by atoms with Crippen LogP contribution in [0.25, 0.3) is 0 Å². The predicted molar refractivity (Wildman–Crippen MR) is 71.8 cm³/mol. The molecule has 17 heavy (non-hydrogen) atoms. The second-order valence-electron chi connectivity index (χ2n) is 4.40. The molecular weight excluding hydrogens is 327 g/mol. The fourth-order valence-electron chi connectivity index (χ4n) is 2.02. The zero-order valence-corrected chi connectivity index (χ0v) is 12.7. The van der Waals surface area contributed by atoms with Crippen molar-refractivity contribution in [1.82, 2.24) is 0 Å². The van der Waals surface area contributed by atoms with Crippen LogP contribution in [0.15, 0.2) is 0 Å². The molecular formula is C8H12Cl2O4S3. The lowest BCUT2D eigenvalue weighted by molar-refractivity contribution is 0.600. The third-order valence-corrected chi connectivity index (χ3v) is 9.98. The molecule has 4 atom stereocenters.